The van der Waals surface area contributed by atoms with Crippen molar-refractivity contribution in [2.75, 3.05) is 13.7 Å². The average molecular weight is 530 g/mol. The Morgan fingerprint density at radius 1 is 1.24 bits per heavy atom. The molecule has 2 heterocycles. The summed E-state index contributed by atoms with van der Waals surface area (Å²) in [5, 5.41) is 18.7. The summed E-state index contributed by atoms with van der Waals surface area (Å²) in [5.74, 6) is -0.190. The van der Waals surface area contributed by atoms with Crippen molar-refractivity contribution in [2.45, 2.75) is 50.6 Å². The van der Waals surface area contributed by atoms with E-state index in [0.717, 1.165) is 34.6 Å². The van der Waals surface area contributed by atoms with Gasteiger partial charge in [0.05, 0.1) is 18.7 Å². The number of ether oxygens (including phenoxy) is 1. The van der Waals surface area contributed by atoms with Gasteiger partial charge in [-0.05, 0) is 49.8 Å². The summed E-state index contributed by atoms with van der Waals surface area (Å²) in [6.07, 6.45) is 4.35. The van der Waals surface area contributed by atoms with Gasteiger partial charge in [-0.15, -0.1) is 0 Å². The van der Waals surface area contributed by atoms with E-state index in [9.17, 15) is 19.6 Å². The summed E-state index contributed by atoms with van der Waals surface area (Å²) >= 11 is 3.43. The van der Waals surface area contributed by atoms with Gasteiger partial charge in [-0.3, -0.25) is 14.4 Å². The number of carbonyl (C=O) groups excluding carboxylic acids is 3. The van der Waals surface area contributed by atoms with Gasteiger partial charge in [0.2, 0.25) is 11.8 Å². The zero-order valence-corrected chi connectivity index (χ0v) is 20.5. The summed E-state index contributed by atoms with van der Waals surface area (Å²) in [5.41, 5.74) is 1.05. The Balaban J connectivity index is 1.45. The first kappa shape index (κ1) is 24.1. The molecule has 2 fully saturated rings. The maximum absolute atomic E-state index is 13.1. The second-order valence-corrected chi connectivity index (χ2v) is 9.93. The average Bonchev–Trinajstić information content (AvgIpc) is 3.54. The third-order valence-corrected chi connectivity index (χ3v) is 6.87. The number of methoxy groups -OCH3 is 1. The first-order chi connectivity index (χ1) is 16.4. The van der Waals surface area contributed by atoms with Crippen molar-refractivity contribution in [3.8, 4) is 11.8 Å². The molecule has 1 saturated heterocycles. The molecule has 0 spiro atoms. The minimum atomic E-state index is -0.797. The van der Waals surface area contributed by atoms with Crippen molar-refractivity contribution >= 4 is 44.6 Å². The van der Waals surface area contributed by atoms with Crippen LogP contribution in [0.2, 0.25) is 0 Å². The number of rotatable bonds is 9. The van der Waals surface area contributed by atoms with Crippen molar-refractivity contribution < 1.29 is 19.1 Å². The number of hydrogen-bond acceptors (Lipinski definition) is 5. The topological polar surface area (TPSA) is 136 Å². The Morgan fingerprint density at radius 3 is 2.71 bits per heavy atom. The molecule has 1 aromatic heterocycles. The van der Waals surface area contributed by atoms with Gasteiger partial charge in [-0.25, -0.2) is 0 Å². The van der Waals surface area contributed by atoms with Crippen LogP contribution in [-0.2, 0) is 9.59 Å². The number of aromatic nitrogens is 1. The summed E-state index contributed by atoms with van der Waals surface area (Å²) in [7, 11) is 1.56. The Morgan fingerprint density at radius 2 is 2.03 bits per heavy atom. The lowest BCUT2D eigenvalue weighted by Crippen LogP contribution is -2.50. The molecule has 4 rings (SSSR count). The minimum absolute atomic E-state index is 0.0792. The number of nitrogens with one attached hydrogen (secondary N) is 4. The number of benzene rings is 1. The summed E-state index contributed by atoms with van der Waals surface area (Å²) in [6.45, 7) is 0.644. The van der Waals surface area contributed by atoms with Crippen LogP contribution in [0.5, 0.6) is 5.75 Å². The summed E-state index contributed by atoms with van der Waals surface area (Å²) in [4.78, 5) is 41.2. The highest BCUT2D eigenvalue weighted by molar-refractivity contribution is 9.10. The third kappa shape index (κ3) is 5.70. The van der Waals surface area contributed by atoms with Gasteiger partial charge in [-0.2, -0.15) is 5.26 Å². The lowest BCUT2D eigenvalue weighted by molar-refractivity contribution is -0.128. The number of hydrogen-bond donors (Lipinski definition) is 4. The Kier molecular flexibility index (Phi) is 7.41. The molecule has 3 unspecified atom stereocenters. The van der Waals surface area contributed by atoms with Gasteiger partial charge < -0.3 is 25.7 Å². The highest BCUT2D eigenvalue weighted by atomic mass is 79.9. The van der Waals surface area contributed by atoms with Crippen LogP contribution < -0.4 is 20.7 Å². The van der Waals surface area contributed by atoms with Crippen LogP contribution in [0.25, 0.3) is 10.9 Å². The third-order valence-electron chi connectivity index (χ3n) is 6.41. The van der Waals surface area contributed by atoms with Crippen LogP contribution in [0, 0.1) is 23.2 Å². The predicted molar refractivity (Wildman–Crippen MR) is 129 cm³/mol. The molecule has 180 valence electrons. The molecule has 4 N–H and O–H groups in total. The van der Waals surface area contributed by atoms with Crippen molar-refractivity contribution in [2.24, 2.45) is 11.8 Å². The zero-order valence-electron chi connectivity index (χ0n) is 18.9. The van der Waals surface area contributed by atoms with E-state index < -0.39 is 23.9 Å². The molecule has 1 saturated carbocycles. The maximum atomic E-state index is 13.1. The Bertz CT molecular complexity index is 1140. The van der Waals surface area contributed by atoms with Gasteiger partial charge in [-0.1, -0.05) is 28.8 Å². The molecular formula is C24H28BrN5O4. The molecule has 0 radical (unpaired) electrons. The van der Waals surface area contributed by atoms with E-state index >= 15 is 0 Å². The van der Waals surface area contributed by atoms with Crippen LogP contribution in [0.15, 0.2) is 22.7 Å². The fourth-order valence-corrected chi connectivity index (χ4v) is 4.81. The number of nitrogens with zero attached hydrogens (tertiary/aromatic N) is 1. The molecule has 0 bridgehead atoms. The van der Waals surface area contributed by atoms with E-state index in [-0.39, 0.29) is 18.2 Å². The second-order valence-electron chi connectivity index (χ2n) is 9.01. The van der Waals surface area contributed by atoms with Crippen molar-refractivity contribution in [3.05, 3.63) is 28.4 Å². The SMILES string of the molecule is COc1cc(Br)cc2[nH]c(C(=O)NC(CC3CC3)C(=O)NC(C#N)CC3CCCNC3=O)cc12. The predicted octanol–water partition coefficient (Wildman–Crippen LogP) is 2.76. The Hall–Kier alpha value is -3.06. The number of halogens is 1. The number of carbonyl (C=O) groups is 3. The standard InChI is InChI=1S/C24H28BrN5O4/c1-34-21-10-15(25)9-18-17(21)11-20(29-18)24(33)30-19(7-13-4-5-13)23(32)28-16(12-26)8-14-3-2-6-27-22(14)31/h9-11,13-14,16,19,29H,2-8H2,1H3,(H,27,31)(H,28,32)(H,30,33). The smallest absolute Gasteiger partial charge is 0.268 e. The molecule has 9 nitrogen and oxygen atoms in total. The van der Waals surface area contributed by atoms with Crippen LogP contribution in [0.1, 0.15) is 49.0 Å². The first-order valence-corrected chi connectivity index (χ1v) is 12.3. The molecule has 3 amide bonds. The molecular weight excluding hydrogens is 502 g/mol. The van der Waals surface area contributed by atoms with E-state index in [1.165, 1.54) is 0 Å². The van der Waals surface area contributed by atoms with Gasteiger partial charge in [0.1, 0.15) is 23.5 Å². The summed E-state index contributed by atoms with van der Waals surface area (Å²) < 4.78 is 6.21. The number of aromatic amines is 1. The van der Waals surface area contributed by atoms with Crippen molar-refractivity contribution in [1.82, 2.24) is 20.9 Å². The molecule has 1 aromatic carbocycles. The van der Waals surface area contributed by atoms with Crippen LogP contribution in [0.4, 0.5) is 0 Å². The van der Waals surface area contributed by atoms with Gasteiger partial charge in [0.15, 0.2) is 0 Å². The lowest BCUT2D eigenvalue weighted by atomic mass is 9.92. The van der Waals surface area contributed by atoms with Gasteiger partial charge in [0, 0.05) is 22.3 Å². The molecule has 1 aliphatic carbocycles. The lowest BCUT2D eigenvalue weighted by Gasteiger charge is -2.25. The maximum Gasteiger partial charge on any atom is 0.268 e. The zero-order chi connectivity index (χ0) is 24.2. The molecule has 10 heteroatoms. The van der Waals surface area contributed by atoms with E-state index in [2.05, 4.69) is 42.9 Å². The van der Waals surface area contributed by atoms with Crippen LogP contribution in [-0.4, -0.2) is 48.4 Å². The molecule has 1 aliphatic heterocycles. The largest absolute Gasteiger partial charge is 0.496 e. The molecule has 3 atom stereocenters. The first-order valence-electron chi connectivity index (χ1n) is 11.5. The van der Waals surface area contributed by atoms with Gasteiger partial charge >= 0.3 is 0 Å². The number of H-pyrrole nitrogens is 1. The van der Waals surface area contributed by atoms with Crippen LogP contribution >= 0.6 is 15.9 Å². The normalized spacial score (nSPS) is 19.6. The van der Waals surface area contributed by atoms with E-state index in [4.69, 9.17) is 4.74 Å². The Labute approximate surface area is 206 Å². The highest BCUT2D eigenvalue weighted by Crippen LogP contribution is 2.34. The fourth-order valence-electron chi connectivity index (χ4n) is 4.38. The van der Waals surface area contributed by atoms with E-state index in [0.29, 0.717) is 36.7 Å². The monoisotopic (exact) mass is 529 g/mol. The summed E-state index contributed by atoms with van der Waals surface area (Å²) in [6, 6.07) is 5.89. The number of piperidine rings is 1. The molecule has 2 aromatic rings. The minimum Gasteiger partial charge on any atom is -0.496 e. The number of nitriles is 1. The number of fused-ring (bicyclic) bond motifs is 1. The van der Waals surface area contributed by atoms with Gasteiger partial charge in [0.25, 0.3) is 5.91 Å². The van der Waals surface area contributed by atoms with Crippen LogP contribution in [0.3, 0.4) is 0 Å². The highest BCUT2D eigenvalue weighted by Gasteiger charge is 2.33. The molecule has 2 aliphatic rings. The second kappa shape index (κ2) is 10.5. The molecule has 34 heavy (non-hydrogen) atoms. The van der Waals surface area contributed by atoms with Crippen molar-refractivity contribution in [1.29, 1.82) is 5.26 Å². The van der Waals surface area contributed by atoms with Crippen molar-refractivity contribution in [3.63, 3.8) is 0 Å². The number of amides is 3. The van der Waals surface area contributed by atoms with E-state index in [1.54, 1.807) is 13.2 Å². The van der Waals surface area contributed by atoms with E-state index in [1.807, 2.05) is 12.1 Å². The fraction of sp³-hybridized carbons (Fsp3) is 0.500. The quantitative estimate of drug-likeness (QED) is 0.395.